The van der Waals surface area contributed by atoms with Gasteiger partial charge in [-0.25, -0.2) is 9.78 Å². The molecule has 182 valence electrons. The lowest BCUT2D eigenvalue weighted by Gasteiger charge is -2.23. The van der Waals surface area contributed by atoms with Crippen molar-refractivity contribution in [3.05, 3.63) is 18.7 Å². The minimum atomic E-state index is -2.59. The highest BCUT2D eigenvalue weighted by molar-refractivity contribution is 5.87. The van der Waals surface area contributed by atoms with Crippen molar-refractivity contribution in [1.29, 1.82) is 0 Å². The summed E-state index contributed by atoms with van der Waals surface area (Å²) in [6.45, 7) is 4.24. The number of carboxylic acid groups (broad SMARTS) is 3. The second-order valence-electron chi connectivity index (χ2n) is 9.09. The van der Waals surface area contributed by atoms with Crippen LogP contribution in [-0.2, 0) is 20.9 Å². The fourth-order valence-electron chi connectivity index (χ4n) is 4.10. The van der Waals surface area contributed by atoms with Crippen molar-refractivity contribution in [2.24, 2.45) is 17.8 Å². The van der Waals surface area contributed by atoms with Gasteiger partial charge >= 0.3 is 17.9 Å². The molecule has 0 aliphatic heterocycles. The van der Waals surface area contributed by atoms with Crippen molar-refractivity contribution in [3.63, 3.8) is 0 Å². The van der Waals surface area contributed by atoms with E-state index in [0.717, 1.165) is 25.3 Å². The molecule has 0 spiro atoms. The molecule has 32 heavy (non-hydrogen) atoms. The number of carbonyl (C=O) groups is 3. The lowest BCUT2D eigenvalue weighted by atomic mass is 9.85. The number of rotatable bonds is 12. The highest BCUT2D eigenvalue weighted by Gasteiger charge is 2.45. The van der Waals surface area contributed by atoms with Crippen LogP contribution < -0.4 is 0 Å². The molecule has 2 rings (SSSR count). The number of hydrogen-bond donors (Lipinski definition) is 4. The van der Waals surface area contributed by atoms with E-state index in [9.17, 15) is 19.5 Å². The van der Waals surface area contributed by atoms with E-state index in [2.05, 4.69) is 22.7 Å². The highest BCUT2D eigenvalue weighted by Crippen LogP contribution is 2.28. The molecule has 0 bridgehead atoms. The largest absolute Gasteiger partial charge is 0.481 e. The maximum atomic E-state index is 10.5. The van der Waals surface area contributed by atoms with Gasteiger partial charge in [0, 0.05) is 18.9 Å². The third-order valence-electron chi connectivity index (χ3n) is 6.15. The summed E-state index contributed by atoms with van der Waals surface area (Å²) in [6, 6.07) is 0. The zero-order chi connectivity index (χ0) is 24.1. The van der Waals surface area contributed by atoms with Crippen LogP contribution in [0, 0.1) is 17.8 Å². The van der Waals surface area contributed by atoms with Crippen molar-refractivity contribution in [2.45, 2.75) is 90.2 Å². The third-order valence-corrected chi connectivity index (χ3v) is 6.15. The normalized spacial score (nSPS) is 18.0. The van der Waals surface area contributed by atoms with Gasteiger partial charge < -0.3 is 25.0 Å². The standard InChI is InChI=1S/C16H28N2.C7H10O7/c1-15(13-18-12-11-17-14-18)7-5-6-10-16-8-3-2-4-9-16;1-7(14,6(12)13)3(5(10)11)2-4(8)9/h11-12,14-16H,2-10,13H2,1H3;3,14H,2H2,1H3,(H,8,9)(H,10,11)(H,12,13)/t;3-,7-/m.0/s1. The molecular formula is C23H38N2O7. The first-order chi connectivity index (χ1) is 15.0. The molecular weight excluding hydrogens is 416 g/mol. The van der Waals surface area contributed by atoms with Crippen LogP contribution in [0.1, 0.15) is 78.1 Å². The quantitative estimate of drug-likeness (QED) is 0.349. The van der Waals surface area contributed by atoms with Crippen molar-refractivity contribution in [3.8, 4) is 0 Å². The smallest absolute Gasteiger partial charge is 0.336 e. The van der Waals surface area contributed by atoms with Crippen molar-refractivity contribution >= 4 is 17.9 Å². The van der Waals surface area contributed by atoms with Crippen LogP contribution in [0.25, 0.3) is 0 Å². The van der Waals surface area contributed by atoms with Crippen LogP contribution >= 0.6 is 0 Å². The molecule has 1 aromatic rings. The van der Waals surface area contributed by atoms with E-state index in [4.69, 9.17) is 15.3 Å². The Hall–Kier alpha value is -2.42. The molecule has 1 aliphatic carbocycles. The van der Waals surface area contributed by atoms with Gasteiger partial charge in [-0.05, 0) is 25.2 Å². The molecule has 1 fully saturated rings. The molecule has 9 heteroatoms. The molecule has 1 saturated carbocycles. The maximum Gasteiger partial charge on any atom is 0.336 e. The average Bonchev–Trinajstić information content (AvgIpc) is 3.23. The zero-order valence-electron chi connectivity index (χ0n) is 19.2. The number of nitrogens with zero attached hydrogens (tertiary/aromatic N) is 2. The van der Waals surface area contributed by atoms with E-state index in [-0.39, 0.29) is 0 Å². The number of carboxylic acids is 3. The Labute approximate surface area is 189 Å². The molecule has 0 saturated heterocycles. The summed E-state index contributed by atoms with van der Waals surface area (Å²) in [4.78, 5) is 35.3. The van der Waals surface area contributed by atoms with Crippen molar-refractivity contribution in [1.82, 2.24) is 9.55 Å². The predicted octanol–water partition coefficient (Wildman–Crippen LogP) is 3.66. The molecule has 4 N–H and O–H groups in total. The van der Waals surface area contributed by atoms with Gasteiger partial charge in [0.25, 0.3) is 0 Å². The number of aromatic nitrogens is 2. The van der Waals surface area contributed by atoms with Crippen LogP contribution in [0.15, 0.2) is 18.7 Å². The van der Waals surface area contributed by atoms with Crippen molar-refractivity contribution < 1.29 is 34.8 Å². The molecule has 9 nitrogen and oxygen atoms in total. The van der Waals surface area contributed by atoms with Gasteiger partial charge in [-0.15, -0.1) is 0 Å². The molecule has 0 amide bonds. The van der Waals surface area contributed by atoms with Gasteiger partial charge in [0.1, 0.15) is 5.92 Å². The molecule has 3 atom stereocenters. The van der Waals surface area contributed by atoms with Crippen LogP contribution in [0.3, 0.4) is 0 Å². The SMILES string of the molecule is CC(CCCCC1CCCCC1)Cn1ccnc1.C[C@@](O)(C(=O)O)[C@@H](CC(=O)O)C(=O)O. The number of imidazole rings is 1. The second-order valence-corrected chi connectivity index (χ2v) is 9.09. The summed E-state index contributed by atoms with van der Waals surface area (Å²) in [7, 11) is 0. The van der Waals surface area contributed by atoms with Crippen LogP contribution in [0.5, 0.6) is 0 Å². The van der Waals surface area contributed by atoms with E-state index in [0.29, 0.717) is 0 Å². The summed E-state index contributed by atoms with van der Waals surface area (Å²) < 4.78 is 2.20. The monoisotopic (exact) mass is 454 g/mol. The summed E-state index contributed by atoms with van der Waals surface area (Å²) >= 11 is 0. The Kier molecular flexibility index (Phi) is 12.0. The van der Waals surface area contributed by atoms with Crippen LogP contribution in [0.2, 0.25) is 0 Å². The first kappa shape index (κ1) is 27.6. The summed E-state index contributed by atoms with van der Waals surface area (Å²) in [6.07, 6.45) is 18.1. The van der Waals surface area contributed by atoms with E-state index in [1.807, 2.05) is 12.5 Å². The zero-order valence-corrected chi connectivity index (χ0v) is 19.2. The summed E-state index contributed by atoms with van der Waals surface area (Å²) in [5, 5.41) is 34.5. The van der Waals surface area contributed by atoms with Crippen LogP contribution in [0.4, 0.5) is 0 Å². The molecule has 1 heterocycles. The third kappa shape index (κ3) is 10.3. The van der Waals surface area contributed by atoms with E-state index < -0.39 is 35.8 Å². The Bertz CT molecular complexity index is 697. The van der Waals surface area contributed by atoms with Crippen molar-refractivity contribution in [2.75, 3.05) is 0 Å². The topological polar surface area (TPSA) is 150 Å². The number of unbranched alkanes of at least 4 members (excludes halogenated alkanes) is 1. The molecule has 0 radical (unpaired) electrons. The van der Waals surface area contributed by atoms with E-state index >= 15 is 0 Å². The van der Waals surface area contributed by atoms with Gasteiger partial charge in [-0.2, -0.15) is 0 Å². The first-order valence-corrected chi connectivity index (χ1v) is 11.4. The molecule has 1 aromatic heterocycles. The average molecular weight is 455 g/mol. The van der Waals surface area contributed by atoms with E-state index in [1.165, 1.54) is 57.8 Å². The Morgan fingerprint density at radius 2 is 1.78 bits per heavy atom. The number of hydrogen-bond acceptors (Lipinski definition) is 5. The van der Waals surface area contributed by atoms with Gasteiger partial charge in [-0.1, -0.05) is 58.3 Å². The highest BCUT2D eigenvalue weighted by atomic mass is 16.4. The summed E-state index contributed by atoms with van der Waals surface area (Å²) in [5.41, 5.74) is -2.59. The Balaban J connectivity index is 0.000000333. The molecule has 0 aromatic carbocycles. The van der Waals surface area contributed by atoms with Gasteiger partial charge in [0.05, 0.1) is 12.7 Å². The minimum Gasteiger partial charge on any atom is -0.481 e. The first-order valence-electron chi connectivity index (χ1n) is 11.4. The Morgan fingerprint density at radius 1 is 1.12 bits per heavy atom. The van der Waals surface area contributed by atoms with Gasteiger partial charge in [0.2, 0.25) is 0 Å². The maximum absolute atomic E-state index is 10.5. The fraction of sp³-hybridized carbons (Fsp3) is 0.739. The van der Waals surface area contributed by atoms with E-state index in [1.54, 1.807) is 0 Å². The molecule has 1 unspecified atom stereocenters. The number of aliphatic carboxylic acids is 3. The lowest BCUT2D eigenvalue weighted by Crippen LogP contribution is -2.47. The Morgan fingerprint density at radius 3 is 2.28 bits per heavy atom. The fourth-order valence-corrected chi connectivity index (χ4v) is 4.10. The lowest BCUT2D eigenvalue weighted by molar-refractivity contribution is -0.174. The van der Waals surface area contributed by atoms with Gasteiger partial charge in [0.15, 0.2) is 5.60 Å². The minimum absolute atomic E-state index is 0.747. The number of aliphatic hydroxyl groups is 1. The van der Waals surface area contributed by atoms with Gasteiger partial charge in [-0.3, -0.25) is 9.59 Å². The second kappa shape index (κ2) is 13.9. The van der Waals surface area contributed by atoms with Crippen LogP contribution in [-0.4, -0.2) is 53.5 Å². The molecule has 1 aliphatic rings. The predicted molar refractivity (Wildman–Crippen MR) is 118 cm³/mol. The summed E-state index contributed by atoms with van der Waals surface area (Å²) in [5.74, 6) is -4.96.